The topological polar surface area (TPSA) is 115 Å². The number of nitrogens with one attached hydrogen (secondary N) is 2. The standard InChI is InChI=1S/C16H15ClF2N6O2.ClH/c17-8-5-9(23-11-6-10(20)21-7-22-11)14(27)25-12(8)13(26)24-16(25)3-1-15(18,19)2-4-16;/h5-7H,1-4H2,(H,24,26)(H3,20,21,22,23);1H. The number of hydrogen-bond acceptors (Lipinski definition) is 6. The smallest absolute Gasteiger partial charge is 0.276 e. The highest BCUT2D eigenvalue weighted by Gasteiger charge is 2.51. The molecule has 28 heavy (non-hydrogen) atoms. The Kier molecular flexibility index (Phi) is 4.96. The third-order valence-corrected chi connectivity index (χ3v) is 5.19. The van der Waals surface area contributed by atoms with Crippen molar-refractivity contribution in [3.8, 4) is 0 Å². The van der Waals surface area contributed by atoms with Crippen molar-refractivity contribution in [2.75, 3.05) is 11.1 Å². The zero-order valence-corrected chi connectivity index (χ0v) is 15.9. The molecule has 0 unspecified atom stereocenters. The number of nitrogens with two attached hydrogens (primary N) is 1. The quantitative estimate of drug-likeness (QED) is 0.671. The van der Waals surface area contributed by atoms with Gasteiger partial charge in [-0.2, -0.15) is 0 Å². The molecule has 0 atom stereocenters. The number of carbonyl (C=O) groups is 1. The van der Waals surface area contributed by atoms with Crippen molar-refractivity contribution in [1.29, 1.82) is 0 Å². The number of nitrogen functional groups attached to an aromatic ring is 1. The summed E-state index contributed by atoms with van der Waals surface area (Å²) in [4.78, 5) is 33.2. The van der Waals surface area contributed by atoms with E-state index >= 15 is 0 Å². The first kappa shape index (κ1) is 20.3. The SMILES string of the molecule is Cl.Nc1cc(Nc2cc(Cl)c3n(c2=O)C2(CCC(F)(F)CC2)NC3=O)ncn1. The zero-order valence-electron chi connectivity index (χ0n) is 14.3. The number of amides is 1. The fourth-order valence-corrected chi connectivity index (χ4v) is 3.86. The first-order chi connectivity index (χ1) is 12.7. The summed E-state index contributed by atoms with van der Waals surface area (Å²) >= 11 is 6.23. The van der Waals surface area contributed by atoms with Crippen molar-refractivity contribution < 1.29 is 13.6 Å². The van der Waals surface area contributed by atoms with Crippen LogP contribution in [0.15, 0.2) is 23.3 Å². The van der Waals surface area contributed by atoms with Crippen LogP contribution in [-0.2, 0) is 5.66 Å². The Bertz CT molecular complexity index is 1000. The summed E-state index contributed by atoms with van der Waals surface area (Å²) in [5.41, 5.74) is 3.85. The summed E-state index contributed by atoms with van der Waals surface area (Å²) in [5, 5.41) is 5.52. The fourth-order valence-electron chi connectivity index (χ4n) is 3.58. The Balaban J connectivity index is 0.00000225. The Labute approximate surface area is 168 Å². The summed E-state index contributed by atoms with van der Waals surface area (Å²) in [6.45, 7) is 0. The van der Waals surface area contributed by atoms with E-state index in [2.05, 4.69) is 20.6 Å². The minimum absolute atomic E-state index is 0. The van der Waals surface area contributed by atoms with E-state index in [0.717, 1.165) is 0 Å². The second kappa shape index (κ2) is 6.85. The van der Waals surface area contributed by atoms with Crippen molar-refractivity contribution in [1.82, 2.24) is 19.9 Å². The predicted molar refractivity (Wildman–Crippen MR) is 102 cm³/mol. The Morgan fingerprint density at radius 3 is 2.50 bits per heavy atom. The lowest BCUT2D eigenvalue weighted by Crippen LogP contribution is -2.51. The molecular formula is C16H16Cl2F2N6O2. The number of halogens is 4. The number of anilines is 3. The van der Waals surface area contributed by atoms with Crippen LogP contribution < -0.4 is 21.9 Å². The molecule has 2 aromatic heterocycles. The summed E-state index contributed by atoms with van der Waals surface area (Å²) in [6.07, 6.45) is 0.214. The third kappa shape index (κ3) is 3.26. The lowest BCUT2D eigenvalue weighted by molar-refractivity contribution is -0.0667. The molecule has 0 radical (unpaired) electrons. The van der Waals surface area contributed by atoms with Crippen LogP contribution in [0.5, 0.6) is 0 Å². The molecule has 12 heteroatoms. The van der Waals surface area contributed by atoms with E-state index < -0.39 is 35.9 Å². The molecule has 4 N–H and O–H groups in total. The van der Waals surface area contributed by atoms with Gasteiger partial charge in [0.2, 0.25) is 5.92 Å². The minimum Gasteiger partial charge on any atom is -0.384 e. The molecule has 2 aliphatic rings. The highest BCUT2D eigenvalue weighted by atomic mass is 35.5. The van der Waals surface area contributed by atoms with Crippen molar-refractivity contribution in [2.45, 2.75) is 37.3 Å². The van der Waals surface area contributed by atoms with Crippen LogP contribution in [0.3, 0.4) is 0 Å². The van der Waals surface area contributed by atoms with Crippen molar-refractivity contribution in [3.63, 3.8) is 0 Å². The number of nitrogens with zero attached hydrogens (tertiary/aromatic N) is 3. The minimum atomic E-state index is -2.82. The lowest BCUT2D eigenvalue weighted by Gasteiger charge is -2.38. The van der Waals surface area contributed by atoms with Crippen molar-refractivity contribution in [2.24, 2.45) is 0 Å². The van der Waals surface area contributed by atoms with Crippen molar-refractivity contribution in [3.05, 3.63) is 39.5 Å². The molecule has 3 heterocycles. The fraction of sp³-hybridized carbons (Fsp3) is 0.375. The van der Waals surface area contributed by atoms with Crippen LogP contribution in [0.2, 0.25) is 5.02 Å². The van der Waals surface area contributed by atoms with Crippen LogP contribution in [0.25, 0.3) is 0 Å². The maximum absolute atomic E-state index is 13.6. The van der Waals surface area contributed by atoms with E-state index in [1.54, 1.807) is 0 Å². The molecule has 4 rings (SSSR count). The molecule has 0 saturated heterocycles. The van der Waals surface area contributed by atoms with Gasteiger partial charge in [-0.15, -0.1) is 12.4 Å². The number of hydrogen-bond donors (Lipinski definition) is 3. The van der Waals surface area contributed by atoms with Gasteiger partial charge in [-0.1, -0.05) is 11.6 Å². The van der Waals surface area contributed by atoms with E-state index in [1.165, 1.54) is 23.0 Å². The van der Waals surface area contributed by atoms with Crippen LogP contribution in [0, 0.1) is 0 Å². The van der Waals surface area contributed by atoms with Gasteiger partial charge >= 0.3 is 0 Å². The predicted octanol–water partition coefficient (Wildman–Crippen LogP) is 2.64. The van der Waals surface area contributed by atoms with E-state index in [9.17, 15) is 18.4 Å². The molecule has 1 spiro atoms. The largest absolute Gasteiger partial charge is 0.384 e. The second-order valence-corrected chi connectivity index (χ2v) is 7.10. The maximum atomic E-state index is 13.6. The molecule has 1 aliphatic carbocycles. The van der Waals surface area contributed by atoms with Gasteiger partial charge < -0.3 is 16.4 Å². The number of fused-ring (bicyclic) bond motifs is 2. The molecule has 0 aromatic carbocycles. The molecule has 1 fully saturated rings. The molecular weight excluding hydrogens is 417 g/mol. The molecule has 8 nitrogen and oxygen atoms in total. The Hall–Kier alpha value is -2.46. The van der Waals surface area contributed by atoms with Gasteiger partial charge in [-0.05, 0) is 18.9 Å². The van der Waals surface area contributed by atoms with Gasteiger partial charge in [0.15, 0.2) is 0 Å². The van der Waals surface area contributed by atoms with Crippen molar-refractivity contribution >= 4 is 47.2 Å². The average Bonchev–Trinajstić information content (AvgIpc) is 2.89. The highest BCUT2D eigenvalue weighted by Crippen LogP contribution is 2.44. The first-order valence-corrected chi connectivity index (χ1v) is 8.60. The van der Waals surface area contributed by atoms with Gasteiger partial charge in [0.25, 0.3) is 11.5 Å². The lowest BCUT2D eigenvalue weighted by atomic mass is 9.86. The van der Waals surface area contributed by atoms with Crippen LogP contribution in [-0.4, -0.2) is 26.4 Å². The highest BCUT2D eigenvalue weighted by molar-refractivity contribution is 6.34. The molecule has 0 bridgehead atoms. The maximum Gasteiger partial charge on any atom is 0.276 e. The van der Waals surface area contributed by atoms with Gasteiger partial charge in [0.05, 0.1) is 5.02 Å². The molecule has 150 valence electrons. The zero-order chi connectivity index (χ0) is 19.4. The van der Waals surface area contributed by atoms with Gasteiger partial charge in [0.1, 0.15) is 35.0 Å². The summed E-state index contributed by atoms with van der Waals surface area (Å²) in [6, 6.07) is 2.73. The van der Waals surface area contributed by atoms with Crippen LogP contribution in [0.4, 0.5) is 26.1 Å². The Morgan fingerprint density at radius 2 is 1.86 bits per heavy atom. The number of alkyl halides is 2. The van der Waals surface area contributed by atoms with E-state index in [0.29, 0.717) is 0 Å². The summed E-state index contributed by atoms with van der Waals surface area (Å²) in [7, 11) is 0. The summed E-state index contributed by atoms with van der Waals surface area (Å²) < 4.78 is 28.5. The summed E-state index contributed by atoms with van der Waals surface area (Å²) in [5.74, 6) is -2.92. The van der Waals surface area contributed by atoms with Crippen LogP contribution in [0.1, 0.15) is 36.2 Å². The average molecular weight is 433 g/mol. The van der Waals surface area contributed by atoms with Gasteiger partial charge in [0, 0.05) is 18.9 Å². The normalized spacial score (nSPS) is 18.9. The molecule has 2 aromatic rings. The first-order valence-electron chi connectivity index (χ1n) is 8.22. The van der Waals surface area contributed by atoms with Gasteiger partial charge in [-0.3, -0.25) is 14.2 Å². The van der Waals surface area contributed by atoms with E-state index in [-0.39, 0.29) is 53.3 Å². The monoisotopic (exact) mass is 432 g/mol. The van der Waals surface area contributed by atoms with E-state index in [4.69, 9.17) is 17.3 Å². The number of pyridine rings is 1. The van der Waals surface area contributed by atoms with Crippen LogP contribution >= 0.6 is 24.0 Å². The van der Waals surface area contributed by atoms with Gasteiger partial charge in [-0.25, -0.2) is 18.7 Å². The number of aromatic nitrogens is 3. The number of carbonyl (C=O) groups excluding carboxylic acids is 1. The molecule has 1 saturated carbocycles. The van der Waals surface area contributed by atoms with E-state index in [1.807, 2.05) is 0 Å². The second-order valence-electron chi connectivity index (χ2n) is 6.69. The third-order valence-electron chi connectivity index (χ3n) is 4.90. The molecule has 1 amide bonds. The molecule has 1 aliphatic heterocycles. The number of rotatable bonds is 2. The Morgan fingerprint density at radius 1 is 1.18 bits per heavy atom.